The molecule has 0 atom stereocenters. The summed E-state index contributed by atoms with van der Waals surface area (Å²) >= 11 is 0. The molecule has 1 aromatic heterocycles. The molecule has 3 rings (SSSR count). The molecule has 24 heavy (non-hydrogen) atoms. The molecule has 1 amide bonds. The monoisotopic (exact) mass is 318 g/mol. The van der Waals surface area contributed by atoms with Crippen LogP contribution in [0.25, 0.3) is 17.0 Å². The number of rotatable bonds is 5. The third kappa shape index (κ3) is 4.43. The second-order valence-electron chi connectivity index (χ2n) is 5.27. The minimum absolute atomic E-state index is 0.266. The zero-order valence-corrected chi connectivity index (χ0v) is 13.2. The Hall–Kier alpha value is -3.14. The predicted molar refractivity (Wildman–Crippen MR) is 95.4 cm³/mol. The number of ether oxygens (including phenoxy) is 1. The maximum atomic E-state index is 11.6. The first-order chi connectivity index (χ1) is 11.8. The number of nitrogens with one attached hydrogen (secondary N) is 1. The van der Waals surface area contributed by atoms with Gasteiger partial charge in [0.15, 0.2) is 0 Å². The molecule has 120 valence electrons. The van der Waals surface area contributed by atoms with Gasteiger partial charge >= 0.3 is 6.09 Å². The zero-order chi connectivity index (χ0) is 16.6. The average molecular weight is 318 g/mol. The third-order valence-corrected chi connectivity index (χ3v) is 3.49. The molecular formula is C20H18N2O2. The summed E-state index contributed by atoms with van der Waals surface area (Å²) in [6, 6.07) is 21.5. The Morgan fingerprint density at radius 2 is 1.79 bits per heavy atom. The van der Waals surface area contributed by atoms with E-state index in [1.54, 1.807) is 0 Å². The average Bonchev–Trinajstić information content (AvgIpc) is 2.64. The van der Waals surface area contributed by atoms with Gasteiger partial charge in [-0.15, -0.1) is 0 Å². The number of para-hydroxylation sites is 1. The number of alkyl carbamates (subject to hydrolysis) is 1. The van der Waals surface area contributed by atoms with E-state index in [0.717, 1.165) is 22.2 Å². The first-order valence-corrected chi connectivity index (χ1v) is 7.78. The van der Waals surface area contributed by atoms with E-state index in [0.29, 0.717) is 6.54 Å². The maximum Gasteiger partial charge on any atom is 0.407 e. The molecule has 1 N–H and O–H groups in total. The van der Waals surface area contributed by atoms with E-state index in [-0.39, 0.29) is 6.61 Å². The van der Waals surface area contributed by atoms with E-state index >= 15 is 0 Å². The molecule has 0 spiro atoms. The largest absolute Gasteiger partial charge is 0.445 e. The number of hydrogen-bond acceptors (Lipinski definition) is 3. The molecule has 0 unspecified atom stereocenters. The fourth-order valence-electron chi connectivity index (χ4n) is 2.27. The van der Waals surface area contributed by atoms with E-state index < -0.39 is 6.09 Å². The summed E-state index contributed by atoms with van der Waals surface area (Å²) in [4.78, 5) is 16.2. The van der Waals surface area contributed by atoms with Gasteiger partial charge in [-0.1, -0.05) is 60.7 Å². The summed E-state index contributed by atoms with van der Waals surface area (Å²) in [5.41, 5.74) is 2.77. The van der Waals surface area contributed by atoms with Gasteiger partial charge in [-0.25, -0.2) is 9.78 Å². The first-order valence-electron chi connectivity index (χ1n) is 7.78. The van der Waals surface area contributed by atoms with Crippen LogP contribution >= 0.6 is 0 Å². The highest BCUT2D eigenvalue weighted by Crippen LogP contribution is 2.12. The normalized spacial score (nSPS) is 10.8. The van der Waals surface area contributed by atoms with Crippen molar-refractivity contribution < 1.29 is 9.53 Å². The van der Waals surface area contributed by atoms with E-state index in [9.17, 15) is 4.79 Å². The number of carbonyl (C=O) groups excluding carboxylic acids is 1. The van der Waals surface area contributed by atoms with Gasteiger partial charge in [-0.2, -0.15) is 0 Å². The Balaban J connectivity index is 1.46. The Labute approximate surface area is 140 Å². The van der Waals surface area contributed by atoms with Gasteiger partial charge in [0.25, 0.3) is 0 Å². The second-order valence-corrected chi connectivity index (χ2v) is 5.27. The van der Waals surface area contributed by atoms with Crippen molar-refractivity contribution in [1.82, 2.24) is 10.3 Å². The molecule has 0 bridgehead atoms. The molecule has 4 heteroatoms. The maximum absolute atomic E-state index is 11.6. The van der Waals surface area contributed by atoms with Crippen LogP contribution in [0.4, 0.5) is 4.79 Å². The molecule has 0 radical (unpaired) electrons. The topological polar surface area (TPSA) is 51.2 Å². The molecule has 0 aliphatic heterocycles. The van der Waals surface area contributed by atoms with Crippen molar-refractivity contribution in [3.8, 4) is 0 Å². The Morgan fingerprint density at radius 3 is 2.67 bits per heavy atom. The number of aromatic nitrogens is 1. The number of pyridine rings is 1. The molecule has 0 aliphatic carbocycles. The molecule has 0 fully saturated rings. The minimum atomic E-state index is -0.435. The van der Waals surface area contributed by atoms with Crippen LogP contribution in [0.1, 0.15) is 11.3 Å². The predicted octanol–water partition coefficient (Wildman–Crippen LogP) is 4.17. The molecule has 0 saturated heterocycles. The second kappa shape index (κ2) is 7.92. The van der Waals surface area contributed by atoms with Crippen LogP contribution in [0.15, 0.2) is 72.8 Å². The summed E-state index contributed by atoms with van der Waals surface area (Å²) in [6.45, 7) is 0.657. The standard InChI is InChI=1S/C20H18N2O2/c23-20(24-15-16-7-2-1-3-8-16)21-14-6-10-18-13-12-17-9-4-5-11-19(17)22-18/h1-13H,14-15H2,(H,21,23). The highest BCUT2D eigenvalue weighted by Gasteiger charge is 2.00. The Morgan fingerprint density at radius 1 is 1.00 bits per heavy atom. The lowest BCUT2D eigenvalue weighted by Gasteiger charge is -2.05. The van der Waals surface area contributed by atoms with Gasteiger partial charge in [0.05, 0.1) is 11.2 Å². The number of benzene rings is 2. The highest BCUT2D eigenvalue weighted by atomic mass is 16.5. The van der Waals surface area contributed by atoms with Crippen molar-refractivity contribution >= 4 is 23.1 Å². The SMILES string of the molecule is O=C(NCC=Cc1ccc2ccccc2n1)OCc1ccccc1. The molecule has 1 heterocycles. The Kier molecular flexibility index (Phi) is 5.20. The van der Waals surface area contributed by atoms with Crippen molar-refractivity contribution in [3.05, 3.63) is 84.1 Å². The molecular weight excluding hydrogens is 300 g/mol. The summed E-state index contributed by atoms with van der Waals surface area (Å²) in [7, 11) is 0. The molecule has 2 aromatic carbocycles. The lowest BCUT2D eigenvalue weighted by molar-refractivity contribution is 0.141. The van der Waals surface area contributed by atoms with Gasteiger partial charge in [0.2, 0.25) is 0 Å². The molecule has 3 aromatic rings. The van der Waals surface area contributed by atoms with Gasteiger partial charge in [-0.3, -0.25) is 0 Å². The number of carbonyl (C=O) groups is 1. The van der Waals surface area contributed by atoms with E-state index in [4.69, 9.17) is 4.74 Å². The zero-order valence-electron chi connectivity index (χ0n) is 13.2. The van der Waals surface area contributed by atoms with Crippen molar-refractivity contribution in [2.24, 2.45) is 0 Å². The van der Waals surface area contributed by atoms with E-state index in [2.05, 4.69) is 10.3 Å². The van der Waals surface area contributed by atoms with Gasteiger partial charge in [0.1, 0.15) is 6.61 Å². The van der Waals surface area contributed by atoms with Crippen molar-refractivity contribution in [1.29, 1.82) is 0 Å². The lowest BCUT2D eigenvalue weighted by atomic mass is 10.2. The van der Waals surface area contributed by atoms with Gasteiger partial charge in [0, 0.05) is 11.9 Å². The summed E-state index contributed by atoms with van der Waals surface area (Å²) in [5.74, 6) is 0. The first kappa shape index (κ1) is 15.7. The molecule has 0 aliphatic rings. The number of fused-ring (bicyclic) bond motifs is 1. The quantitative estimate of drug-likeness (QED) is 0.768. The molecule has 0 saturated carbocycles. The third-order valence-electron chi connectivity index (χ3n) is 3.49. The Bertz CT molecular complexity index is 844. The van der Waals surface area contributed by atoms with E-state index in [1.807, 2.05) is 78.9 Å². The molecule has 4 nitrogen and oxygen atoms in total. The van der Waals surface area contributed by atoms with Gasteiger partial charge in [-0.05, 0) is 23.8 Å². The summed E-state index contributed by atoms with van der Waals surface area (Å²) < 4.78 is 5.14. The van der Waals surface area contributed by atoms with Crippen molar-refractivity contribution in [3.63, 3.8) is 0 Å². The number of hydrogen-bond donors (Lipinski definition) is 1. The fourth-order valence-corrected chi connectivity index (χ4v) is 2.27. The van der Waals surface area contributed by atoms with Gasteiger partial charge < -0.3 is 10.1 Å². The van der Waals surface area contributed by atoms with Crippen LogP contribution in [0.3, 0.4) is 0 Å². The smallest absolute Gasteiger partial charge is 0.407 e. The number of amides is 1. The van der Waals surface area contributed by atoms with Crippen LogP contribution in [-0.4, -0.2) is 17.6 Å². The van der Waals surface area contributed by atoms with E-state index in [1.165, 1.54) is 0 Å². The highest BCUT2D eigenvalue weighted by molar-refractivity contribution is 5.79. The summed E-state index contributed by atoms with van der Waals surface area (Å²) in [5, 5.41) is 3.79. The van der Waals surface area contributed by atoms with Crippen LogP contribution in [0.5, 0.6) is 0 Å². The van der Waals surface area contributed by atoms with Crippen LogP contribution < -0.4 is 5.32 Å². The summed E-state index contributed by atoms with van der Waals surface area (Å²) in [6.07, 6.45) is 3.29. The van der Waals surface area contributed by atoms with Crippen LogP contribution in [0.2, 0.25) is 0 Å². The van der Waals surface area contributed by atoms with Crippen molar-refractivity contribution in [2.45, 2.75) is 6.61 Å². The fraction of sp³-hybridized carbons (Fsp3) is 0.100. The minimum Gasteiger partial charge on any atom is -0.445 e. The lowest BCUT2D eigenvalue weighted by Crippen LogP contribution is -2.24. The number of nitrogens with zero attached hydrogens (tertiary/aromatic N) is 1. The van der Waals surface area contributed by atoms with Crippen LogP contribution in [-0.2, 0) is 11.3 Å². The van der Waals surface area contributed by atoms with Crippen molar-refractivity contribution in [2.75, 3.05) is 6.54 Å². The van der Waals surface area contributed by atoms with Crippen LogP contribution in [0, 0.1) is 0 Å².